The number of hydrogen-bond acceptors (Lipinski definition) is 6. The Morgan fingerprint density at radius 1 is 1.03 bits per heavy atom. The number of hydrogen-bond donors (Lipinski definition) is 0. The monoisotopic (exact) mass is 443 g/mol. The zero-order valence-corrected chi connectivity index (χ0v) is 18.0. The topological polar surface area (TPSA) is 79.8 Å². The van der Waals surface area contributed by atoms with E-state index in [-0.39, 0.29) is 5.82 Å². The highest BCUT2D eigenvalue weighted by Gasteiger charge is 2.26. The lowest BCUT2D eigenvalue weighted by Gasteiger charge is -2.35. The number of nitrogens with zero attached hydrogens (tertiary/aromatic N) is 3. The van der Waals surface area contributed by atoms with E-state index in [0.717, 1.165) is 16.6 Å². The van der Waals surface area contributed by atoms with Crippen LogP contribution in [-0.4, -0.2) is 63.2 Å². The van der Waals surface area contributed by atoms with Crippen molar-refractivity contribution in [2.24, 2.45) is 0 Å². The molecule has 4 rings (SSSR count). The van der Waals surface area contributed by atoms with Crippen LogP contribution in [0.2, 0.25) is 0 Å². The fourth-order valence-corrected chi connectivity index (χ4v) is 4.56. The number of ether oxygens (including phenoxy) is 1. The van der Waals surface area contributed by atoms with E-state index >= 15 is 0 Å². The van der Waals surface area contributed by atoms with Gasteiger partial charge in [-0.2, -0.15) is 4.31 Å². The predicted octanol–water partition coefficient (Wildman–Crippen LogP) is 2.91. The first-order valence-electron chi connectivity index (χ1n) is 9.75. The van der Waals surface area contributed by atoms with Gasteiger partial charge in [0.25, 0.3) is 0 Å². The summed E-state index contributed by atoms with van der Waals surface area (Å²) in [6, 6.07) is 13.2. The van der Waals surface area contributed by atoms with E-state index in [1.165, 1.54) is 29.8 Å². The average molecular weight is 444 g/mol. The molecule has 7 nitrogen and oxygen atoms in total. The molecule has 0 aliphatic carbocycles. The van der Waals surface area contributed by atoms with Crippen LogP contribution in [0.25, 0.3) is 22.2 Å². The van der Waals surface area contributed by atoms with Crippen LogP contribution in [0, 0.1) is 5.82 Å². The molecule has 0 N–H and O–H groups in total. The number of fused-ring (bicyclic) bond motifs is 1. The van der Waals surface area contributed by atoms with Crippen LogP contribution in [0.4, 0.5) is 10.1 Å². The fourth-order valence-electron chi connectivity index (χ4n) is 3.73. The lowest BCUT2D eigenvalue weighted by atomic mass is 10.0. The van der Waals surface area contributed by atoms with Gasteiger partial charge >= 0.3 is 5.97 Å². The second-order valence-electron chi connectivity index (χ2n) is 7.41. The van der Waals surface area contributed by atoms with Crippen molar-refractivity contribution in [3.05, 3.63) is 59.9 Å². The molecule has 0 bridgehead atoms. The molecule has 162 valence electrons. The van der Waals surface area contributed by atoms with Crippen molar-refractivity contribution < 1.29 is 22.3 Å². The summed E-state index contributed by atoms with van der Waals surface area (Å²) in [5.74, 6) is -0.775. The van der Waals surface area contributed by atoms with Gasteiger partial charge in [-0.05, 0) is 48.5 Å². The number of piperazine rings is 1. The largest absolute Gasteiger partial charge is 0.465 e. The minimum Gasteiger partial charge on any atom is -0.465 e. The van der Waals surface area contributed by atoms with Gasteiger partial charge in [0.15, 0.2) is 0 Å². The number of anilines is 1. The summed E-state index contributed by atoms with van der Waals surface area (Å²) < 4.78 is 43.5. The number of rotatable bonds is 4. The number of sulfonamides is 1. The maximum Gasteiger partial charge on any atom is 0.337 e. The van der Waals surface area contributed by atoms with Crippen molar-refractivity contribution in [3.63, 3.8) is 0 Å². The van der Waals surface area contributed by atoms with E-state index in [0.29, 0.717) is 43.0 Å². The van der Waals surface area contributed by atoms with Gasteiger partial charge in [0.05, 0.1) is 35.8 Å². The number of carbonyl (C=O) groups excluding carboxylic acids is 1. The molecule has 1 saturated heterocycles. The van der Waals surface area contributed by atoms with E-state index in [1.54, 1.807) is 30.3 Å². The van der Waals surface area contributed by atoms with Gasteiger partial charge in [-0.25, -0.2) is 22.6 Å². The average Bonchev–Trinajstić information content (AvgIpc) is 2.77. The van der Waals surface area contributed by atoms with Gasteiger partial charge in [-0.15, -0.1) is 0 Å². The highest BCUT2D eigenvalue weighted by molar-refractivity contribution is 7.88. The standard InChI is InChI=1S/C22H22FN3O4S/c1-30-22(27)16-5-8-19-17(13-16)14-20(21(24-19)15-3-6-18(23)7-4-15)25-9-11-26(12-10-25)31(2,28)29/h3-8,13-14H,9-12H2,1-2H3. The Morgan fingerprint density at radius 3 is 2.32 bits per heavy atom. The van der Waals surface area contributed by atoms with Crippen LogP contribution < -0.4 is 4.90 Å². The smallest absolute Gasteiger partial charge is 0.337 e. The van der Waals surface area contributed by atoms with Gasteiger partial charge in [0.1, 0.15) is 5.82 Å². The minimum atomic E-state index is -3.25. The number of benzene rings is 2. The van der Waals surface area contributed by atoms with Crippen molar-refractivity contribution in [2.45, 2.75) is 0 Å². The molecule has 9 heteroatoms. The summed E-state index contributed by atoms with van der Waals surface area (Å²) >= 11 is 0. The fraction of sp³-hybridized carbons (Fsp3) is 0.273. The second-order valence-corrected chi connectivity index (χ2v) is 9.39. The van der Waals surface area contributed by atoms with Crippen molar-refractivity contribution in [1.29, 1.82) is 0 Å². The van der Waals surface area contributed by atoms with Crippen molar-refractivity contribution >= 4 is 32.6 Å². The number of methoxy groups -OCH3 is 1. The molecule has 1 aliphatic rings. The van der Waals surface area contributed by atoms with Gasteiger partial charge < -0.3 is 9.64 Å². The van der Waals surface area contributed by atoms with E-state index < -0.39 is 16.0 Å². The summed E-state index contributed by atoms with van der Waals surface area (Å²) in [6.07, 6.45) is 1.21. The van der Waals surface area contributed by atoms with Crippen LogP contribution >= 0.6 is 0 Å². The minimum absolute atomic E-state index is 0.337. The zero-order valence-electron chi connectivity index (χ0n) is 17.2. The summed E-state index contributed by atoms with van der Waals surface area (Å²) in [4.78, 5) is 18.8. The number of esters is 1. The van der Waals surface area contributed by atoms with Crippen molar-refractivity contribution in [3.8, 4) is 11.3 Å². The molecule has 2 aromatic carbocycles. The first-order chi connectivity index (χ1) is 14.8. The molecule has 1 fully saturated rings. The zero-order chi connectivity index (χ0) is 22.2. The van der Waals surface area contributed by atoms with Gasteiger partial charge in [-0.1, -0.05) is 0 Å². The Morgan fingerprint density at radius 2 is 1.71 bits per heavy atom. The number of aromatic nitrogens is 1. The second kappa shape index (κ2) is 8.24. The summed E-state index contributed by atoms with van der Waals surface area (Å²) in [5, 5.41) is 0.759. The Labute approximate surface area is 180 Å². The molecular formula is C22H22FN3O4S. The van der Waals surface area contributed by atoms with Crippen LogP contribution in [0.3, 0.4) is 0 Å². The van der Waals surface area contributed by atoms with Crippen LogP contribution in [0.1, 0.15) is 10.4 Å². The molecule has 2 heterocycles. The molecule has 31 heavy (non-hydrogen) atoms. The van der Waals surface area contributed by atoms with Gasteiger partial charge in [0.2, 0.25) is 10.0 Å². The van der Waals surface area contributed by atoms with Crippen molar-refractivity contribution in [1.82, 2.24) is 9.29 Å². The van der Waals surface area contributed by atoms with Gasteiger partial charge in [-0.3, -0.25) is 0 Å². The number of pyridine rings is 1. The van der Waals surface area contributed by atoms with E-state index in [2.05, 4.69) is 4.90 Å². The first-order valence-corrected chi connectivity index (χ1v) is 11.6. The quantitative estimate of drug-likeness (QED) is 0.577. The van der Waals surface area contributed by atoms with E-state index in [1.807, 2.05) is 6.07 Å². The Balaban J connectivity index is 1.80. The highest BCUT2D eigenvalue weighted by atomic mass is 32.2. The molecule has 0 radical (unpaired) electrons. The molecule has 0 spiro atoms. The van der Waals surface area contributed by atoms with Crippen molar-refractivity contribution in [2.75, 3.05) is 44.4 Å². The Bertz CT molecular complexity index is 1240. The molecule has 0 amide bonds. The lowest BCUT2D eigenvalue weighted by molar-refractivity contribution is 0.0601. The van der Waals surface area contributed by atoms with Crippen LogP contribution in [0.15, 0.2) is 48.5 Å². The maximum absolute atomic E-state index is 13.5. The summed E-state index contributed by atoms with van der Waals surface area (Å²) in [6.45, 7) is 1.71. The Hall–Kier alpha value is -3.04. The highest BCUT2D eigenvalue weighted by Crippen LogP contribution is 2.33. The maximum atomic E-state index is 13.5. The molecule has 0 unspecified atom stereocenters. The van der Waals surface area contributed by atoms with E-state index in [9.17, 15) is 17.6 Å². The third-order valence-electron chi connectivity index (χ3n) is 5.38. The normalized spacial score (nSPS) is 15.3. The number of halogens is 1. The SMILES string of the molecule is COC(=O)c1ccc2nc(-c3ccc(F)cc3)c(N3CCN(S(C)(=O)=O)CC3)cc2c1. The molecule has 1 aromatic heterocycles. The molecule has 1 aliphatic heterocycles. The molecule has 0 atom stereocenters. The van der Waals surface area contributed by atoms with Crippen LogP contribution in [0.5, 0.6) is 0 Å². The third kappa shape index (κ3) is 4.38. The summed E-state index contributed by atoms with van der Waals surface area (Å²) in [7, 11) is -1.92. The summed E-state index contributed by atoms with van der Waals surface area (Å²) in [5.41, 5.74) is 3.32. The first kappa shape index (κ1) is 21.2. The lowest BCUT2D eigenvalue weighted by Crippen LogP contribution is -2.48. The molecular weight excluding hydrogens is 421 g/mol. The van der Waals surface area contributed by atoms with E-state index in [4.69, 9.17) is 9.72 Å². The Kier molecular flexibility index (Phi) is 5.63. The molecule has 3 aromatic rings. The van der Waals surface area contributed by atoms with Gasteiger partial charge in [0, 0.05) is 37.1 Å². The third-order valence-corrected chi connectivity index (χ3v) is 6.68. The number of carbonyl (C=O) groups is 1. The van der Waals surface area contributed by atoms with Crippen LogP contribution in [-0.2, 0) is 14.8 Å². The predicted molar refractivity (Wildman–Crippen MR) is 117 cm³/mol. The molecule has 0 saturated carbocycles.